The van der Waals surface area contributed by atoms with E-state index in [1.165, 1.54) is 6.07 Å². The van der Waals surface area contributed by atoms with Crippen molar-refractivity contribution in [2.24, 2.45) is 0 Å². The number of hydrogen-bond acceptors (Lipinski definition) is 4. The normalized spacial score (nSPS) is 10.5. The molecule has 5 nitrogen and oxygen atoms in total. The van der Waals surface area contributed by atoms with Gasteiger partial charge in [-0.15, -0.1) is 0 Å². The van der Waals surface area contributed by atoms with Crippen molar-refractivity contribution >= 4 is 17.6 Å². The molecule has 0 saturated heterocycles. The molecular weight excluding hydrogens is 306 g/mol. The second-order valence-corrected chi connectivity index (χ2v) is 4.47. The fourth-order valence-corrected chi connectivity index (χ4v) is 1.88. The molecule has 0 radical (unpaired) electrons. The summed E-state index contributed by atoms with van der Waals surface area (Å²) in [6.07, 6.45) is 0. The number of hydrogen-bond donors (Lipinski definition) is 0. The average molecular weight is 315 g/mol. The fraction of sp³-hybridized carbons (Fsp3) is 0.154. The third-order valence-corrected chi connectivity index (χ3v) is 2.85. The molecule has 0 bridgehead atoms. The summed E-state index contributed by atoms with van der Waals surface area (Å²) in [4.78, 5) is 23.5. The second-order valence-electron chi connectivity index (χ2n) is 4.08. The van der Waals surface area contributed by atoms with Gasteiger partial charge in [0.15, 0.2) is 16.8 Å². The maximum atomic E-state index is 13.1. The second kappa shape index (κ2) is 6.01. The SMILES string of the molecule is COC(=O)c1cc(Cl)nn(Cc2ccc(F)c(F)c2)c1=O. The molecule has 0 atom stereocenters. The third kappa shape index (κ3) is 3.25. The molecule has 2 rings (SSSR count). The van der Waals surface area contributed by atoms with Gasteiger partial charge in [0.2, 0.25) is 0 Å². The molecular formula is C13H9ClF2N2O3. The van der Waals surface area contributed by atoms with Gasteiger partial charge in [0.1, 0.15) is 5.56 Å². The van der Waals surface area contributed by atoms with Crippen molar-refractivity contribution in [3.05, 3.63) is 62.5 Å². The van der Waals surface area contributed by atoms with E-state index in [0.717, 1.165) is 30.0 Å². The number of halogens is 3. The highest BCUT2D eigenvalue weighted by Crippen LogP contribution is 2.10. The number of esters is 1. The van der Waals surface area contributed by atoms with Crippen LogP contribution in [0.1, 0.15) is 15.9 Å². The van der Waals surface area contributed by atoms with Crippen LogP contribution in [0.4, 0.5) is 8.78 Å². The summed E-state index contributed by atoms with van der Waals surface area (Å²) in [5.74, 6) is -2.90. The first-order chi connectivity index (χ1) is 9.92. The predicted octanol–water partition coefficient (Wildman–Crippen LogP) is 2.01. The molecule has 21 heavy (non-hydrogen) atoms. The number of methoxy groups -OCH3 is 1. The Morgan fingerprint density at radius 2 is 2.05 bits per heavy atom. The van der Waals surface area contributed by atoms with Crippen molar-refractivity contribution in [2.75, 3.05) is 7.11 Å². The molecule has 110 valence electrons. The maximum Gasteiger partial charge on any atom is 0.343 e. The first-order valence-electron chi connectivity index (χ1n) is 5.72. The van der Waals surface area contributed by atoms with Crippen LogP contribution in [0.25, 0.3) is 0 Å². The zero-order valence-corrected chi connectivity index (χ0v) is 11.5. The topological polar surface area (TPSA) is 61.2 Å². The van der Waals surface area contributed by atoms with Gasteiger partial charge in [-0.3, -0.25) is 4.79 Å². The fourth-order valence-electron chi connectivity index (χ4n) is 1.68. The van der Waals surface area contributed by atoms with E-state index in [-0.39, 0.29) is 17.3 Å². The Hall–Kier alpha value is -2.28. The minimum atomic E-state index is -1.05. The van der Waals surface area contributed by atoms with Crippen LogP contribution in [-0.2, 0) is 11.3 Å². The number of rotatable bonds is 3. The van der Waals surface area contributed by atoms with Gasteiger partial charge in [-0.05, 0) is 23.8 Å². The van der Waals surface area contributed by atoms with Crippen LogP contribution in [0.3, 0.4) is 0 Å². The van der Waals surface area contributed by atoms with Crippen LogP contribution < -0.4 is 5.56 Å². The Balaban J connectivity index is 2.44. The Kier molecular flexibility index (Phi) is 4.32. The van der Waals surface area contributed by atoms with Gasteiger partial charge in [0.05, 0.1) is 13.7 Å². The van der Waals surface area contributed by atoms with Crippen LogP contribution in [-0.4, -0.2) is 22.9 Å². The highest BCUT2D eigenvalue weighted by Gasteiger charge is 2.16. The summed E-state index contributed by atoms with van der Waals surface area (Å²) in [6.45, 7) is -0.166. The Morgan fingerprint density at radius 1 is 1.33 bits per heavy atom. The molecule has 0 amide bonds. The zero-order valence-electron chi connectivity index (χ0n) is 10.8. The molecule has 0 N–H and O–H groups in total. The van der Waals surface area contributed by atoms with Crippen molar-refractivity contribution < 1.29 is 18.3 Å². The Labute approximate surface area is 122 Å². The maximum absolute atomic E-state index is 13.1. The van der Waals surface area contributed by atoms with Gasteiger partial charge in [0, 0.05) is 0 Å². The minimum Gasteiger partial charge on any atom is -0.465 e. The standard InChI is InChI=1S/C13H9ClF2N2O3/c1-21-13(20)8-5-11(14)17-18(12(8)19)6-7-2-3-9(15)10(16)4-7/h2-5H,6H2,1H3. The number of benzene rings is 1. The summed E-state index contributed by atoms with van der Waals surface area (Å²) in [5, 5.41) is 3.64. The van der Waals surface area contributed by atoms with E-state index in [1.54, 1.807) is 0 Å². The first kappa shape index (κ1) is 15.1. The van der Waals surface area contributed by atoms with Crippen LogP contribution in [0.5, 0.6) is 0 Å². The van der Waals surface area contributed by atoms with Gasteiger partial charge in [-0.25, -0.2) is 18.3 Å². The van der Waals surface area contributed by atoms with Gasteiger partial charge in [0.25, 0.3) is 5.56 Å². The summed E-state index contributed by atoms with van der Waals surface area (Å²) >= 11 is 5.73. The molecule has 1 heterocycles. The van der Waals surface area contributed by atoms with E-state index >= 15 is 0 Å². The highest BCUT2D eigenvalue weighted by molar-refractivity contribution is 6.29. The van der Waals surface area contributed by atoms with Crippen LogP contribution in [0, 0.1) is 11.6 Å². The van der Waals surface area contributed by atoms with Gasteiger partial charge >= 0.3 is 5.97 Å². The molecule has 0 aliphatic heterocycles. The highest BCUT2D eigenvalue weighted by atomic mass is 35.5. The lowest BCUT2D eigenvalue weighted by atomic mass is 10.2. The van der Waals surface area contributed by atoms with E-state index in [2.05, 4.69) is 9.84 Å². The number of carbonyl (C=O) groups excluding carboxylic acids is 1. The van der Waals surface area contributed by atoms with Crippen LogP contribution in [0.2, 0.25) is 5.15 Å². The Bertz CT molecular complexity index is 762. The lowest BCUT2D eigenvalue weighted by Gasteiger charge is -2.07. The quantitative estimate of drug-likeness (QED) is 0.813. The summed E-state index contributed by atoms with van der Waals surface area (Å²) < 4.78 is 31.3. The predicted molar refractivity (Wildman–Crippen MR) is 70.3 cm³/mol. The molecule has 2 aromatic rings. The van der Waals surface area contributed by atoms with E-state index in [0.29, 0.717) is 5.56 Å². The van der Waals surface area contributed by atoms with Crippen molar-refractivity contribution in [1.82, 2.24) is 9.78 Å². The lowest BCUT2D eigenvalue weighted by Crippen LogP contribution is -2.29. The lowest BCUT2D eigenvalue weighted by molar-refractivity contribution is 0.0597. The summed E-state index contributed by atoms with van der Waals surface area (Å²) in [5.41, 5.74) is -0.738. The van der Waals surface area contributed by atoms with E-state index in [1.807, 2.05) is 0 Å². The average Bonchev–Trinajstić information content (AvgIpc) is 2.45. The number of carbonyl (C=O) groups is 1. The van der Waals surface area contributed by atoms with Crippen LogP contribution in [0.15, 0.2) is 29.1 Å². The number of ether oxygens (including phenoxy) is 1. The number of nitrogens with zero attached hydrogens (tertiary/aromatic N) is 2. The largest absolute Gasteiger partial charge is 0.465 e. The molecule has 0 saturated carbocycles. The molecule has 0 spiro atoms. The van der Waals surface area contributed by atoms with E-state index in [9.17, 15) is 18.4 Å². The summed E-state index contributed by atoms with van der Waals surface area (Å²) in [6, 6.07) is 4.24. The molecule has 0 fully saturated rings. The van der Waals surface area contributed by atoms with Crippen LogP contribution >= 0.6 is 11.6 Å². The van der Waals surface area contributed by atoms with Crippen molar-refractivity contribution in [2.45, 2.75) is 6.54 Å². The molecule has 0 unspecified atom stereocenters. The zero-order chi connectivity index (χ0) is 15.6. The van der Waals surface area contributed by atoms with Crippen molar-refractivity contribution in [1.29, 1.82) is 0 Å². The van der Waals surface area contributed by atoms with E-state index in [4.69, 9.17) is 11.6 Å². The Morgan fingerprint density at radius 3 is 2.67 bits per heavy atom. The van der Waals surface area contributed by atoms with Crippen molar-refractivity contribution in [3.63, 3.8) is 0 Å². The smallest absolute Gasteiger partial charge is 0.343 e. The first-order valence-corrected chi connectivity index (χ1v) is 6.10. The molecule has 0 aliphatic rings. The van der Waals surface area contributed by atoms with Gasteiger partial charge in [-0.2, -0.15) is 5.10 Å². The van der Waals surface area contributed by atoms with E-state index < -0.39 is 23.2 Å². The summed E-state index contributed by atoms with van der Waals surface area (Å²) in [7, 11) is 1.12. The molecule has 8 heteroatoms. The molecule has 1 aromatic carbocycles. The minimum absolute atomic E-state index is 0.0995. The van der Waals surface area contributed by atoms with Gasteiger partial charge in [-0.1, -0.05) is 17.7 Å². The third-order valence-electron chi connectivity index (χ3n) is 2.67. The monoisotopic (exact) mass is 314 g/mol. The molecule has 0 aliphatic carbocycles. The number of aromatic nitrogens is 2. The van der Waals surface area contributed by atoms with Crippen molar-refractivity contribution in [3.8, 4) is 0 Å². The van der Waals surface area contributed by atoms with Gasteiger partial charge < -0.3 is 4.74 Å². The molecule has 1 aromatic heterocycles.